The Morgan fingerprint density at radius 1 is 1.18 bits per heavy atom. The summed E-state index contributed by atoms with van der Waals surface area (Å²) >= 11 is 0. The number of hydrogen-bond donors (Lipinski definition) is 1. The molecule has 1 heterocycles. The van der Waals surface area contributed by atoms with Crippen molar-refractivity contribution in [3.8, 4) is 5.88 Å². The summed E-state index contributed by atoms with van der Waals surface area (Å²) in [5.74, 6) is 0.632. The van der Waals surface area contributed by atoms with Gasteiger partial charge in [0.1, 0.15) is 5.56 Å². The third kappa shape index (κ3) is 4.88. The second-order valence-electron chi connectivity index (χ2n) is 5.55. The van der Waals surface area contributed by atoms with Crippen LogP contribution in [0.1, 0.15) is 29.8 Å². The van der Waals surface area contributed by atoms with Gasteiger partial charge in [-0.05, 0) is 30.0 Å². The van der Waals surface area contributed by atoms with Crippen LogP contribution in [-0.4, -0.2) is 24.0 Å². The second-order valence-corrected chi connectivity index (χ2v) is 5.55. The molecule has 1 N–H and O–H groups in total. The van der Waals surface area contributed by atoms with Crippen molar-refractivity contribution in [2.75, 3.05) is 13.2 Å². The molecule has 2 rings (SSSR count). The van der Waals surface area contributed by atoms with E-state index in [-0.39, 0.29) is 5.91 Å². The molecule has 0 fully saturated rings. The van der Waals surface area contributed by atoms with Crippen molar-refractivity contribution >= 4 is 5.91 Å². The zero-order chi connectivity index (χ0) is 15.8. The number of pyridine rings is 1. The van der Waals surface area contributed by atoms with Gasteiger partial charge >= 0.3 is 0 Å². The number of nitrogens with zero attached hydrogens (tertiary/aromatic N) is 1. The van der Waals surface area contributed by atoms with E-state index in [4.69, 9.17) is 4.74 Å². The molecule has 0 aliphatic rings. The van der Waals surface area contributed by atoms with Crippen LogP contribution in [-0.2, 0) is 6.42 Å². The molecule has 0 unspecified atom stereocenters. The van der Waals surface area contributed by atoms with Gasteiger partial charge in [-0.3, -0.25) is 4.79 Å². The Morgan fingerprint density at radius 2 is 1.95 bits per heavy atom. The average Bonchev–Trinajstić information content (AvgIpc) is 2.54. The van der Waals surface area contributed by atoms with Crippen molar-refractivity contribution in [2.24, 2.45) is 5.92 Å². The monoisotopic (exact) mass is 298 g/mol. The number of amides is 1. The van der Waals surface area contributed by atoms with Gasteiger partial charge in [0, 0.05) is 12.7 Å². The van der Waals surface area contributed by atoms with E-state index < -0.39 is 0 Å². The molecule has 0 spiro atoms. The highest BCUT2D eigenvalue weighted by Gasteiger charge is 2.13. The molecule has 22 heavy (non-hydrogen) atoms. The Bertz CT molecular complexity index is 597. The third-order valence-corrected chi connectivity index (χ3v) is 3.11. The molecule has 0 saturated heterocycles. The molecule has 1 amide bonds. The van der Waals surface area contributed by atoms with Gasteiger partial charge in [-0.15, -0.1) is 0 Å². The van der Waals surface area contributed by atoms with Crippen LogP contribution >= 0.6 is 0 Å². The fourth-order valence-corrected chi connectivity index (χ4v) is 1.98. The number of hydrogen-bond acceptors (Lipinski definition) is 3. The summed E-state index contributed by atoms with van der Waals surface area (Å²) in [5.41, 5.74) is 1.68. The van der Waals surface area contributed by atoms with Crippen LogP contribution < -0.4 is 10.1 Å². The number of carbonyl (C=O) groups is 1. The largest absolute Gasteiger partial charge is 0.477 e. The Labute approximate surface area is 131 Å². The second kappa shape index (κ2) is 8.17. The van der Waals surface area contributed by atoms with Crippen molar-refractivity contribution < 1.29 is 9.53 Å². The Balaban J connectivity index is 1.91. The van der Waals surface area contributed by atoms with Gasteiger partial charge in [-0.2, -0.15) is 0 Å². The van der Waals surface area contributed by atoms with Gasteiger partial charge in [-0.25, -0.2) is 4.98 Å². The quantitative estimate of drug-likeness (QED) is 0.854. The van der Waals surface area contributed by atoms with Crippen molar-refractivity contribution in [1.29, 1.82) is 0 Å². The third-order valence-electron chi connectivity index (χ3n) is 3.11. The molecule has 4 heteroatoms. The molecule has 4 nitrogen and oxygen atoms in total. The predicted octanol–water partition coefficient (Wildman–Crippen LogP) is 3.09. The first-order valence-corrected chi connectivity index (χ1v) is 7.56. The molecular formula is C18H22N2O2. The van der Waals surface area contributed by atoms with Gasteiger partial charge in [-0.1, -0.05) is 44.2 Å². The smallest absolute Gasteiger partial charge is 0.256 e. The topological polar surface area (TPSA) is 51.2 Å². The van der Waals surface area contributed by atoms with Crippen LogP contribution in [0.25, 0.3) is 0 Å². The lowest BCUT2D eigenvalue weighted by Crippen LogP contribution is -2.26. The SMILES string of the molecule is CC(C)COc1ncccc1C(=O)NCCc1ccccc1. The van der Waals surface area contributed by atoms with Crippen molar-refractivity contribution in [2.45, 2.75) is 20.3 Å². The van der Waals surface area contributed by atoms with Crippen molar-refractivity contribution in [3.05, 3.63) is 59.8 Å². The van der Waals surface area contributed by atoms with Crippen LogP contribution in [0.3, 0.4) is 0 Å². The fourth-order valence-electron chi connectivity index (χ4n) is 1.98. The Hall–Kier alpha value is -2.36. The molecule has 0 saturated carbocycles. The van der Waals surface area contributed by atoms with Crippen LogP contribution in [0.15, 0.2) is 48.7 Å². The molecule has 0 aliphatic carbocycles. The van der Waals surface area contributed by atoms with E-state index in [0.717, 1.165) is 6.42 Å². The first kappa shape index (κ1) is 16.0. The highest BCUT2D eigenvalue weighted by molar-refractivity contribution is 5.96. The minimum atomic E-state index is -0.150. The Kier molecular flexibility index (Phi) is 5.95. The number of carbonyl (C=O) groups excluding carboxylic acids is 1. The lowest BCUT2D eigenvalue weighted by atomic mass is 10.1. The maximum absolute atomic E-state index is 12.3. The summed E-state index contributed by atoms with van der Waals surface area (Å²) in [5, 5.41) is 2.92. The van der Waals surface area contributed by atoms with Crippen LogP contribution in [0.2, 0.25) is 0 Å². The molecule has 2 aromatic rings. The van der Waals surface area contributed by atoms with E-state index in [0.29, 0.717) is 30.5 Å². The number of ether oxygens (including phenoxy) is 1. The lowest BCUT2D eigenvalue weighted by Gasteiger charge is -2.12. The first-order chi connectivity index (χ1) is 10.7. The van der Waals surface area contributed by atoms with Gasteiger partial charge in [0.2, 0.25) is 5.88 Å². The zero-order valence-electron chi connectivity index (χ0n) is 13.1. The normalized spacial score (nSPS) is 10.5. The highest BCUT2D eigenvalue weighted by Crippen LogP contribution is 2.15. The summed E-state index contributed by atoms with van der Waals surface area (Å²) < 4.78 is 5.61. The van der Waals surface area contributed by atoms with Crippen molar-refractivity contribution in [1.82, 2.24) is 10.3 Å². The van der Waals surface area contributed by atoms with E-state index in [9.17, 15) is 4.79 Å². The van der Waals surface area contributed by atoms with E-state index in [1.165, 1.54) is 5.56 Å². The molecule has 1 aromatic carbocycles. The molecule has 116 valence electrons. The van der Waals surface area contributed by atoms with E-state index in [1.807, 2.05) is 30.3 Å². The summed E-state index contributed by atoms with van der Waals surface area (Å²) in [6.45, 7) is 5.24. The average molecular weight is 298 g/mol. The summed E-state index contributed by atoms with van der Waals surface area (Å²) in [6, 6.07) is 13.6. The summed E-state index contributed by atoms with van der Waals surface area (Å²) in [6.07, 6.45) is 2.44. The van der Waals surface area contributed by atoms with Crippen LogP contribution in [0, 0.1) is 5.92 Å². The van der Waals surface area contributed by atoms with E-state index in [1.54, 1.807) is 18.3 Å². The molecule has 0 bridgehead atoms. The predicted molar refractivity (Wildman–Crippen MR) is 87.0 cm³/mol. The molecule has 0 aliphatic heterocycles. The fraction of sp³-hybridized carbons (Fsp3) is 0.333. The van der Waals surface area contributed by atoms with Gasteiger partial charge in [0.15, 0.2) is 0 Å². The molecular weight excluding hydrogens is 276 g/mol. The van der Waals surface area contributed by atoms with Crippen molar-refractivity contribution in [3.63, 3.8) is 0 Å². The van der Waals surface area contributed by atoms with Gasteiger partial charge < -0.3 is 10.1 Å². The van der Waals surface area contributed by atoms with Gasteiger partial charge in [0.05, 0.1) is 6.61 Å². The van der Waals surface area contributed by atoms with Gasteiger partial charge in [0.25, 0.3) is 5.91 Å². The van der Waals surface area contributed by atoms with Crippen LogP contribution in [0.4, 0.5) is 0 Å². The van der Waals surface area contributed by atoms with Crippen LogP contribution in [0.5, 0.6) is 5.88 Å². The minimum absolute atomic E-state index is 0.150. The Morgan fingerprint density at radius 3 is 2.68 bits per heavy atom. The number of aromatic nitrogens is 1. The molecule has 0 radical (unpaired) electrons. The zero-order valence-corrected chi connectivity index (χ0v) is 13.1. The summed E-state index contributed by atoms with van der Waals surface area (Å²) in [4.78, 5) is 16.4. The van der Waals surface area contributed by atoms with E-state index in [2.05, 4.69) is 24.1 Å². The number of nitrogens with one attached hydrogen (secondary N) is 1. The molecule has 0 atom stereocenters. The molecule has 1 aromatic heterocycles. The standard InChI is InChI=1S/C18H22N2O2/c1-14(2)13-22-18-16(9-6-11-20-18)17(21)19-12-10-15-7-4-3-5-8-15/h3-9,11,14H,10,12-13H2,1-2H3,(H,19,21). The first-order valence-electron chi connectivity index (χ1n) is 7.56. The van der Waals surface area contributed by atoms with E-state index >= 15 is 0 Å². The highest BCUT2D eigenvalue weighted by atomic mass is 16.5. The number of rotatable bonds is 7. The summed E-state index contributed by atoms with van der Waals surface area (Å²) in [7, 11) is 0. The maximum Gasteiger partial charge on any atom is 0.256 e. The minimum Gasteiger partial charge on any atom is -0.477 e. The lowest BCUT2D eigenvalue weighted by molar-refractivity contribution is 0.0948. The maximum atomic E-state index is 12.3. The number of benzene rings is 1.